The summed E-state index contributed by atoms with van der Waals surface area (Å²) in [7, 11) is 0. The molecule has 0 bridgehead atoms. The zero-order valence-corrected chi connectivity index (χ0v) is 12.1. The van der Waals surface area contributed by atoms with Crippen molar-refractivity contribution in [1.29, 1.82) is 0 Å². The molecular weight excluding hydrogens is 316 g/mol. The molecule has 0 amide bonds. The summed E-state index contributed by atoms with van der Waals surface area (Å²) in [5.41, 5.74) is 2.16. The standard InChI is InChI=1S/C13H14BrF2N3/c1-9-13(19(7-6-14)8-12(15)16)18-11-5-3-2-4-10(11)17-9/h2-5,12H,6-8H2,1H3. The fourth-order valence-electron chi connectivity index (χ4n) is 1.93. The lowest BCUT2D eigenvalue weighted by Gasteiger charge is -2.23. The van der Waals surface area contributed by atoms with Gasteiger partial charge in [-0.25, -0.2) is 18.7 Å². The van der Waals surface area contributed by atoms with E-state index in [1.54, 1.807) is 11.8 Å². The van der Waals surface area contributed by atoms with Gasteiger partial charge in [-0.15, -0.1) is 0 Å². The predicted octanol–water partition coefficient (Wildman–Crippen LogP) is 3.40. The van der Waals surface area contributed by atoms with E-state index in [0.717, 1.165) is 11.0 Å². The Hall–Kier alpha value is -1.30. The van der Waals surface area contributed by atoms with Crippen LogP contribution in [0.25, 0.3) is 11.0 Å². The molecule has 19 heavy (non-hydrogen) atoms. The van der Waals surface area contributed by atoms with Gasteiger partial charge < -0.3 is 4.90 Å². The fraction of sp³-hybridized carbons (Fsp3) is 0.385. The van der Waals surface area contributed by atoms with Crippen molar-refractivity contribution in [3.8, 4) is 0 Å². The number of rotatable bonds is 5. The molecular formula is C13H14BrF2N3. The number of aromatic nitrogens is 2. The number of fused-ring (bicyclic) bond motifs is 1. The van der Waals surface area contributed by atoms with Gasteiger partial charge in [0, 0.05) is 11.9 Å². The number of anilines is 1. The lowest BCUT2D eigenvalue weighted by atomic mass is 10.3. The number of aryl methyl sites for hydroxylation is 1. The molecule has 0 unspecified atom stereocenters. The second-order valence-corrected chi connectivity index (χ2v) is 4.94. The molecule has 0 saturated heterocycles. The highest BCUT2D eigenvalue weighted by molar-refractivity contribution is 9.09. The van der Waals surface area contributed by atoms with Crippen molar-refractivity contribution in [3.05, 3.63) is 30.0 Å². The monoisotopic (exact) mass is 329 g/mol. The second-order valence-electron chi connectivity index (χ2n) is 4.15. The third-order valence-corrected chi connectivity index (χ3v) is 3.09. The largest absolute Gasteiger partial charge is 0.349 e. The smallest absolute Gasteiger partial charge is 0.255 e. The summed E-state index contributed by atoms with van der Waals surface area (Å²) >= 11 is 3.28. The Morgan fingerprint density at radius 3 is 2.42 bits per heavy atom. The van der Waals surface area contributed by atoms with E-state index in [9.17, 15) is 8.78 Å². The van der Waals surface area contributed by atoms with Crippen molar-refractivity contribution in [3.63, 3.8) is 0 Å². The maximum atomic E-state index is 12.6. The topological polar surface area (TPSA) is 29.0 Å². The molecule has 0 N–H and O–H groups in total. The molecule has 2 aromatic rings. The Morgan fingerprint density at radius 2 is 1.84 bits per heavy atom. The highest BCUT2D eigenvalue weighted by Crippen LogP contribution is 2.20. The molecule has 0 radical (unpaired) electrons. The molecule has 0 saturated carbocycles. The molecule has 0 aliphatic rings. The Morgan fingerprint density at radius 1 is 1.21 bits per heavy atom. The fourth-order valence-corrected chi connectivity index (χ4v) is 2.36. The van der Waals surface area contributed by atoms with Gasteiger partial charge in [-0.05, 0) is 19.1 Å². The summed E-state index contributed by atoms with van der Waals surface area (Å²) in [5, 5.41) is 0.605. The Bertz CT molecular complexity index is 563. The van der Waals surface area contributed by atoms with Crippen LogP contribution in [0, 0.1) is 6.92 Å². The van der Waals surface area contributed by atoms with Gasteiger partial charge in [0.05, 0.1) is 23.3 Å². The molecule has 1 aromatic carbocycles. The molecule has 6 heteroatoms. The van der Waals surface area contributed by atoms with E-state index in [2.05, 4.69) is 25.9 Å². The number of halogens is 3. The number of alkyl halides is 3. The van der Waals surface area contributed by atoms with E-state index in [1.165, 1.54) is 0 Å². The van der Waals surface area contributed by atoms with Crippen LogP contribution in [0.4, 0.5) is 14.6 Å². The molecule has 0 spiro atoms. The van der Waals surface area contributed by atoms with E-state index in [-0.39, 0.29) is 6.54 Å². The number of nitrogens with zero attached hydrogens (tertiary/aromatic N) is 3. The molecule has 1 aromatic heterocycles. The van der Waals surface area contributed by atoms with Crippen molar-refractivity contribution >= 4 is 32.8 Å². The molecule has 0 aliphatic heterocycles. The van der Waals surface area contributed by atoms with Crippen LogP contribution in [0.3, 0.4) is 0 Å². The Balaban J connectivity index is 2.43. The van der Waals surface area contributed by atoms with Crippen LogP contribution in [0.1, 0.15) is 5.69 Å². The molecule has 1 heterocycles. The van der Waals surface area contributed by atoms with Crippen LogP contribution in [-0.4, -0.2) is 34.8 Å². The van der Waals surface area contributed by atoms with Crippen LogP contribution < -0.4 is 4.90 Å². The maximum Gasteiger partial charge on any atom is 0.255 e. The van der Waals surface area contributed by atoms with Crippen LogP contribution in [0.2, 0.25) is 0 Å². The number of hydrogen-bond acceptors (Lipinski definition) is 3. The van der Waals surface area contributed by atoms with Gasteiger partial charge >= 0.3 is 0 Å². The van der Waals surface area contributed by atoms with Gasteiger partial charge in [-0.2, -0.15) is 0 Å². The summed E-state index contributed by atoms with van der Waals surface area (Å²) in [6.07, 6.45) is -2.40. The summed E-state index contributed by atoms with van der Waals surface area (Å²) in [6.45, 7) is 1.93. The molecule has 0 aliphatic carbocycles. The maximum absolute atomic E-state index is 12.6. The van der Waals surface area contributed by atoms with Crippen molar-refractivity contribution in [2.24, 2.45) is 0 Å². The van der Waals surface area contributed by atoms with Crippen LogP contribution in [-0.2, 0) is 0 Å². The van der Waals surface area contributed by atoms with Crippen LogP contribution in [0.5, 0.6) is 0 Å². The molecule has 102 valence electrons. The summed E-state index contributed by atoms with van der Waals surface area (Å²) < 4.78 is 25.3. The Kier molecular flexibility index (Phi) is 4.63. The number of para-hydroxylation sites is 2. The first-order valence-electron chi connectivity index (χ1n) is 5.94. The van der Waals surface area contributed by atoms with Crippen LogP contribution >= 0.6 is 15.9 Å². The van der Waals surface area contributed by atoms with Gasteiger partial charge in [-0.3, -0.25) is 0 Å². The molecule has 0 atom stereocenters. The van der Waals surface area contributed by atoms with Crippen molar-refractivity contribution in [2.75, 3.05) is 23.3 Å². The SMILES string of the molecule is Cc1nc2ccccc2nc1N(CCBr)CC(F)F. The molecule has 3 nitrogen and oxygen atoms in total. The number of benzene rings is 1. The van der Waals surface area contributed by atoms with Crippen molar-refractivity contribution in [2.45, 2.75) is 13.3 Å². The second kappa shape index (κ2) is 6.23. The average Bonchev–Trinajstić information content (AvgIpc) is 2.37. The normalized spacial score (nSPS) is 11.2. The zero-order valence-electron chi connectivity index (χ0n) is 10.5. The predicted molar refractivity (Wildman–Crippen MR) is 76.3 cm³/mol. The lowest BCUT2D eigenvalue weighted by Crippen LogP contribution is -2.32. The van der Waals surface area contributed by atoms with Gasteiger partial charge in [0.25, 0.3) is 6.43 Å². The summed E-state index contributed by atoms with van der Waals surface area (Å²) in [4.78, 5) is 10.4. The Labute approximate surface area is 118 Å². The third-order valence-electron chi connectivity index (χ3n) is 2.73. The highest BCUT2D eigenvalue weighted by atomic mass is 79.9. The first-order valence-corrected chi connectivity index (χ1v) is 7.06. The van der Waals surface area contributed by atoms with E-state index >= 15 is 0 Å². The minimum absolute atomic E-state index is 0.334. The van der Waals surface area contributed by atoms with Gasteiger partial charge in [0.1, 0.15) is 0 Å². The van der Waals surface area contributed by atoms with Crippen molar-refractivity contribution in [1.82, 2.24) is 9.97 Å². The molecule has 2 rings (SSSR count). The van der Waals surface area contributed by atoms with Crippen molar-refractivity contribution < 1.29 is 8.78 Å². The summed E-state index contributed by atoms with van der Waals surface area (Å²) in [6, 6.07) is 7.44. The van der Waals surface area contributed by atoms with Gasteiger partial charge in [-0.1, -0.05) is 28.1 Å². The number of hydrogen-bond donors (Lipinski definition) is 0. The minimum Gasteiger partial charge on any atom is -0.349 e. The zero-order chi connectivity index (χ0) is 13.8. The summed E-state index contributed by atoms with van der Waals surface area (Å²) in [5.74, 6) is 0.526. The first-order chi connectivity index (χ1) is 9.11. The van der Waals surface area contributed by atoms with Gasteiger partial charge in [0.15, 0.2) is 5.82 Å². The average molecular weight is 330 g/mol. The first kappa shape index (κ1) is 14.1. The van der Waals surface area contributed by atoms with Gasteiger partial charge in [0.2, 0.25) is 0 Å². The van der Waals surface area contributed by atoms with E-state index < -0.39 is 6.43 Å². The minimum atomic E-state index is -2.40. The van der Waals surface area contributed by atoms with Crippen LogP contribution in [0.15, 0.2) is 24.3 Å². The lowest BCUT2D eigenvalue weighted by molar-refractivity contribution is 0.155. The van der Waals surface area contributed by atoms with E-state index in [4.69, 9.17) is 0 Å². The quantitative estimate of drug-likeness (QED) is 0.787. The molecule has 0 fully saturated rings. The highest BCUT2D eigenvalue weighted by Gasteiger charge is 2.17. The third kappa shape index (κ3) is 3.37. The van der Waals surface area contributed by atoms with E-state index in [0.29, 0.717) is 23.4 Å². The van der Waals surface area contributed by atoms with E-state index in [1.807, 2.05) is 24.3 Å².